The van der Waals surface area contributed by atoms with E-state index in [-0.39, 0.29) is 23.5 Å². The van der Waals surface area contributed by atoms with Crippen LogP contribution < -0.4 is 0 Å². The average molecular weight is 416 g/mol. The van der Waals surface area contributed by atoms with Gasteiger partial charge in [0.15, 0.2) is 12.2 Å². The summed E-state index contributed by atoms with van der Waals surface area (Å²) in [4.78, 5) is 38.0. The van der Waals surface area contributed by atoms with Crippen molar-refractivity contribution < 1.29 is 33.3 Å². The molecular formula is C23H28O7. The molecule has 0 aromatic rings. The Labute approximate surface area is 176 Å². The molecule has 6 atom stereocenters. The molecule has 1 spiro atoms. The summed E-state index contributed by atoms with van der Waals surface area (Å²) in [7, 11) is 0. The van der Waals surface area contributed by atoms with E-state index in [1.807, 2.05) is 19.9 Å². The molecule has 2 aliphatic carbocycles. The molecule has 0 amide bonds. The molecule has 0 radical (unpaired) electrons. The van der Waals surface area contributed by atoms with Crippen molar-refractivity contribution in [2.24, 2.45) is 10.8 Å². The minimum Gasteiger partial charge on any atom is -0.462 e. The van der Waals surface area contributed by atoms with Crippen LogP contribution in [0.2, 0.25) is 0 Å². The molecule has 7 heteroatoms. The standard InChI is InChI=1S/C23H28O7/c1-12(2)19(25)27-10-22-8-7-14(5)9-15(22)29-18-16(24)17(30-20(26)13(3)4)21(22,6)23(18)11-28-23/h9,15,17-18H,1,3,7-8,10-11H2,2,4-6H3/t15-,17+,18-,21-,22+,23-/m0/s1. The minimum absolute atomic E-state index is 0.00979. The van der Waals surface area contributed by atoms with Gasteiger partial charge < -0.3 is 18.9 Å². The Kier molecular flexibility index (Phi) is 4.64. The van der Waals surface area contributed by atoms with Gasteiger partial charge in [-0.05, 0) is 33.6 Å². The maximum Gasteiger partial charge on any atom is 0.333 e. The summed E-state index contributed by atoms with van der Waals surface area (Å²) in [5.74, 6) is -1.45. The smallest absolute Gasteiger partial charge is 0.333 e. The van der Waals surface area contributed by atoms with Gasteiger partial charge in [-0.25, -0.2) is 9.59 Å². The van der Waals surface area contributed by atoms with Crippen LogP contribution in [0, 0.1) is 10.8 Å². The third kappa shape index (κ3) is 2.54. The molecule has 3 fully saturated rings. The Morgan fingerprint density at radius 3 is 2.43 bits per heavy atom. The van der Waals surface area contributed by atoms with Crippen LogP contribution >= 0.6 is 0 Å². The summed E-state index contributed by atoms with van der Waals surface area (Å²) in [6, 6.07) is 0. The third-order valence-corrected chi connectivity index (χ3v) is 7.44. The highest BCUT2D eigenvalue weighted by Crippen LogP contribution is 2.71. The molecule has 0 aromatic heterocycles. The van der Waals surface area contributed by atoms with Crippen molar-refractivity contribution in [3.8, 4) is 0 Å². The summed E-state index contributed by atoms with van der Waals surface area (Å²) >= 11 is 0. The maximum absolute atomic E-state index is 13.4. The van der Waals surface area contributed by atoms with E-state index in [0.717, 1.165) is 12.0 Å². The van der Waals surface area contributed by atoms with Crippen LogP contribution in [0.3, 0.4) is 0 Å². The van der Waals surface area contributed by atoms with Gasteiger partial charge in [0.1, 0.15) is 12.2 Å². The number of ether oxygens (including phenoxy) is 4. The number of carbonyl (C=O) groups excluding carboxylic acids is 3. The lowest BCUT2D eigenvalue weighted by atomic mass is 9.51. The SMILES string of the molecule is C=C(C)C(=O)OC[C@]12CCC(C)=C[C@@H]1O[C@H]1C(=O)[C@@H](OC(=O)C(=C)C)[C@]2(C)[C@]12CO2. The van der Waals surface area contributed by atoms with Crippen molar-refractivity contribution in [1.29, 1.82) is 0 Å². The van der Waals surface area contributed by atoms with Gasteiger partial charge in [-0.2, -0.15) is 0 Å². The van der Waals surface area contributed by atoms with Gasteiger partial charge >= 0.3 is 11.9 Å². The summed E-state index contributed by atoms with van der Waals surface area (Å²) in [6.45, 7) is 14.7. The summed E-state index contributed by atoms with van der Waals surface area (Å²) in [5.41, 5.74) is -0.983. The van der Waals surface area contributed by atoms with Crippen molar-refractivity contribution in [3.63, 3.8) is 0 Å². The largest absolute Gasteiger partial charge is 0.462 e. The number of allylic oxidation sites excluding steroid dienone is 1. The van der Waals surface area contributed by atoms with Gasteiger partial charge in [-0.15, -0.1) is 0 Å². The van der Waals surface area contributed by atoms with E-state index < -0.39 is 46.7 Å². The van der Waals surface area contributed by atoms with Crippen molar-refractivity contribution >= 4 is 17.7 Å². The normalized spacial score (nSPS) is 41.0. The first-order valence-electron chi connectivity index (χ1n) is 10.2. The van der Waals surface area contributed by atoms with Gasteiger partial charge in [0.25, 0.3) is 0 Å². The molecule has 1 saturated carbocycles. The lowest BCUT2D eigenvalue weighted by Crippen LogP contribution is -2.66. The Bertz CT molecular complexity index is 895. The molecule has 2 heterocycles. The first kappa shape index (κ1) is 21.0. The molecule has 2 bridgehead atoms. The Morgan fingerprint density at radius 1 is 1.23 bits per heavy atom. The zero-order chi connectivity index (χ0) is 22.1. The number of fused-ring (bicyclic) bond motifs is 2. The van der Waals surface area contributed by atoms with Crippen LogP contribution in [0.5, 0.6) is 0 Å². The topological polar surface area (TPSA) is 91.4 Å². The van der Waals surface area contributed by atoms with Gasteiger partial charge in [0.05, 0.1) is 18.1 Å². The lowest BCUT2D eigenvalue weighted by Gasteiger charge is -2.57. The second-order valence-corrected chi connectivity index (χ2v) is 9.31. The van der Waals surface area contributed by atoms with E-state index in [9.17, 15) is 14.4 Å². The molecule has 30 heavy (non-hydrogen) atoms. The van der Waals surface area contributed by atoms with E-state index in [4.69, 9.17) is 18.9 Å². The highest BCUT2D eigenvalue weighted by molar-refractivity contribution is 5.98. The van der Waals surface area contributed by atoms with Crippen LogP contribution in [0.1, 0.15) is 40.5 Å². The third-order valence-electron chi connectivity index (χ3n) is 7.44. The van der Waals surface area contributed by atoms with Crippen molar-refractivity contribution in [2.75, 3.05) is 13.2 Å². The number of Topliss-reactive ketones (excluding diaryl/α,β-unsaturated/α-hetero) is 1. The first-order valence-corrected chi connectivity index (χ1v) is 10.2. The number of epoxide rings is 1. The van der Waals surface area contributed by atoms with Gasteiger partial charge in [0.2, 0.25) is 5.78 Å². The van der Waals surface area contributed by atoms with E-state index >= 15 is 0 Å². The van der Waals surface area contributed by atoms with Gasteiger partial charge in [0, 0.05) is 16.6 Å². The first-order chi connectivity index (χ1) is 14.0. The lowest BCUT2D eigenvalue weighted by molar-refractivity contribution is -0.232. The molecule has 2 aliphatic heterocycles. The highest BCUT2D eigenvalue weighted by atomic mass is 16.6. The number of hydrogen-bond acceptors (Lipinski definition) is 7. The zero-order valence-corrected chi connectivity index (χ0v) is 17.9. The van der Waals surface area contributed by atoms with E-state index in [0.29, 0.717) is 13.0 Å². The fourth-order valence-electron chi connectivity index (χ4n) is 5.47. The van der Waals surface area contributed by atoms with Crippen molar-refractivity contribution in [2.45, 2.75) is 64.4 Å². The highest BCUT2D eigenvalue weighted by Gasteiger charge is 2.86. The van der Waals surface area contributed by atoms with Crippen LogP contribution in [0.15, 0.2) is 36.0 Å². The Hall–Kier alpha value is -2.25. The monoisotopic (exact) mass is 416 g/mol. The molecule has 0 N–H and O–H groups in total. The number of hydrogen-bond donors (Lipinski definition) is 0. The summed E-state index contributed by atoms with van der Waals surface area (Å²) in [6.07, 6.45) is 0.973. The fourth-order valence-corrected chi connectivity index (χ4v) is 5.47. The predicted octanol–water partition coefficient (Wildman–Crippen LogP) is 2.45. The fraction of sp³-hybridized carbons (Fsp3) is 0.609. The van der Waals surface area contributed by atoms with Crippen LogP contribution in [0.4, 0.5) is 0 Å². The van der Waals surface area contributed by atoms with Crippen LogP contribution in [0.25, 0.3) is 0 Å². The number of carbonyl (C=O) groups is 3. The molecular weight excluding hydrogens is 388 g/mol. The molecule has 2 saturated heterocycles. The molecule has 162 valence electrons. The van der Waals surface area contributed by atoms with Gasteiger partial charge in [-0.3, -0.25) is 4.79 Å². The Morgan fingerprint density at radius 2 is 1.87 bits per heavy atom. The number of rotatable bonds is 5. The van der Waals surface area contributed by atoms with Crippen molar-refractivity contribution in [1.82, 2.24) is 0 Å². The average Bonchev–Trinajstić information content (AvgIpc) is 3.47. The van der Waals surface area contributed by atoms with Gasteiger partial charge in [-0.1, -0.05) is 31.7 Å². The molecule has 0 unspecified atom stereocenters. The van der Waals surface area contributed by atoms with Crippen LogP contribution in [-0.4, -0.2) is 54.8 Å². The van der Waals surface area contributed by atoms with Crippen LogP contribution in [-0.2, 0) is 33.3 Å². The summed E-state index contributed by atoms with van der Waals surface area (Å²) < 4.78 is 23.5. The molecule has 4 rings (SSSR count). The second-order valence-electron chi connectivity index (χ2n) is 9.31. The number of ketones is 1. The molecule has 4 aliphatic rings. The quantitative estimate of drug-likeness (QED) is 0.294. The second kappa shape index (κ2) is 6.62. The minimum atomic E-state index is -1.07. The molecule has 7 nitrogen and oxygen atoms in total. The van der Waals surface area contributed by atoms with E-state index in [1.54, 1.807) is 6.92 Å². The van der Waals surface area contributed by atoms with E-state index in [2.05, 4.69) is 13.2 Å². The maximum atomic E-state index is 13.4. The summed E-state index contributed by atoms with van der Waals surface area (Å²) in [5, 5.41) is 0. The van der Waals surface area contributed by atoms with Crippen molar-refractivity contribution in [3.05, 3.63) is 36.0 Å². The Balaban J connectivity index is 1.82. The number of esters is 2. The van der Waals surface area contributed by atoms with E-state index in [1.165, 1.54) is 6.92 Å². The molecule has 0 aromatic carbocycles. The zero-order valence-electron chi connectivity index (χ0n) is 17.9. The predicted molar refractivity (Wildman–Crippen MR) is 106 cm³/mol.